The number of halogens is 1. The van der Waals surface area contributed by atoms with Gasteiger partial charge < -0.3 is 10.3 Å². The van der Waals surface area contributed by atoms with Crippen LogP contribution in [0.4, 0.5) is 0 Å². The zero-order chi connectivity index (χ0) is 11.8. The molecule has 1 aliphatic heterocycles. The number of piperidine rings is 1. The fraction of sp³-hybridized carbons (Fsp3) is 0.455. The van der Waals surface area contributed by atoms with E-state index in [9.17, 15) is 9.59 Å². The molecule has 0 amide bonds. The Morgan fingerprint density at radius 1 is 1.28 bits per heavy atom. The molecule has 2 aromatic rings. The lowest BCUT2D eigenvalue weighted by molar-refractivity contribution is 0.352. The smallest absolute Gasteiger partial charge is 0.317 e. The summed E-state index contributed by atoms with van der Waals surface area (Å²) in [6.45, 7) is 1.72. The zero-order valence-electron chi connectivity index (χ0n) is 9.64. The highest BCUT2D eigenvalue weighted by Crippen LogP contribution is 2.17. The molecule has 0 saturated carbocycles. The van der Waals surface area contributed by atoms with Crippen molar-refractivity contribution in [3.8, 4) is 0 Å². The predicted molar refractivity (Wildman–Crippen MR) is 75.1 cm³/mol. The summed E-state index contributed by atoms with van der Waals surface area (Å²) < 4.78 is 2.03. The van der Waals surface area contributed by atoms with E-state index < -0.39 is 0 Å². The van der Waals surface area contributed by atoms with Crippen LogP contribution in [-0.4, -0.2) is 22.6 Å². The van der Waals surface area contributed by atoms with Gasteiger partial charge in [0, 0.05) is 6.04 Å². The molecule has 1 saturated heterocycles. The van der Waals surface area contributed by atoms with Gasteiger partial charge in [-0.15, -0.1) is 23.7 Å². The molecule has 18 heavy (non-hydrogen) atoms. The molecule has 0 bridgehead atoms. The Bertz CT molecular complexity index is 654. The van der Waals surface area contributed by atoms with Gasteiger partial charge in [0.25, 0.3) is 5.56 Å². The number of hydrogen-bond donors (Lipinski definition) is 2. The molecule has 0 aromatic carbocycles. The summed E-state index contributed by atoms with van der Waals surface area (Å²) in [6.07, 6.45) is 1.67. The molecule has 98 valence electrons. The summed E-state index contributed by atoms with van der Waals surface area (Å²) in [5.74, 6) is 0. The first-order valence-electron chi connectivity index (χ1n) is 5.70. The Balaban J connectivity index is 0.00000120. The minimum atomic E-state index is -0.284. The standard InChI is InChI=1S/C11H13N3O2S.ClH/c15-10-9-8(3-6-17-9)13-11(16)14(10)7-1-4-12-5-2-7;/h3,6-7,12H,1-2,4-5H2,(H,13,16);1H. The minimum Gasteiger partial charge on any atom is -0.317 e. The number of rotatable bonds is 1. The first-order chi connectivity index (χ1) is 8.27. The molecule has 5 nitrogen and oxygen atoms in total. The largest absolute Gasteiger partial charge is 0.329 e. The summed E-state index contributed by atoms with van der Waals surface area (Å²) in [4.78, 5) is 27.0. The van der Waals surface area contributed by atoms with E-state index in [4.69, 9.17) is 0 Å². The fourth-order valence-electron chi connectivity index (χ4n) is 2.35. The van der Waals surface area contributed by atoms with E-state index in [-0.39, 0.29) is 29.7 Å². The van der Waals surface area contributed by atoms with Gasteiger partial charge in [-0.1, -0.05) is 0 Å². The van der Waals surface area contributed by atoms with Crippen LogP contribution in [0.25, 0.3) is 10.2 Å². The minimum absolute atomic E-state index is 0. The second-order valence-electron chi connectivity index (χ2n) is 4.25. The van der Waals surface area contributed by atoms with Gasteiger partial charge in [0.2, 0.25) is 0 Å². The number of fused-ring (bicyclic) bond motifs is 1. The van der Waals surface area contributed by atoms with Crippen molar-refractivity contribution in [3.05, 3.63) is 32.3 Å². The maximum Gasteiger partial charge on any atom is 0.329 e. The molecule has 2 N–H and O–H groups in total. The normalized spacial score (nSPS) is 16.7. The van der Waals surface area contributed by atoms with E-state index >= 15 is 0 Å². The van der Waals surface area contributed by atoms with Crippen LogP contribution in [0.2, 0.25) is 0 Å². The fourth-order valence-corrected chi connectivity index (χ4v) is 3.13. The van der Waals surface area contributed by atoms with Gasteiger partial charge in [0.15, 0.2) is 0 Å². The summed E-state index contributed by atoms with van der Waals surface area (Å²) in [7, 11) is 0. The van der Waals surface area contributed by atoms with Crippen molar-refractivity contribution in [2.24, 2.45) is 0 Å². The first-order valence-corrected chi connectivity index (χ1v) is 6.58. The van der Waals surface area contributed by atoms with Crippen molar-refractivity contribution in [2.45, 2.75) is 18.9 Å². The number of hydrogen-bond acceptors (Lipinski definition) is 4. The first kappa shape index (κ1) is 13.3. The average Bonchev–Trinajstić information content (AvgIpc) is 2.78. The molecule has 2 aromatic heterocycles. The molecule has 0 atom stereocenters. The molecule has 0 spiro atoms. The van der Waals surface area contributed by atoms with Crippen LogP contribution in [0.1, 0.15) is 18.9 Å². The van der Waals surface area contributed by atoms with Gasteiger partial charge in [0.05, 0.1) is 5.52 Å². The molecule has 1 fully saturated rings. The number of H-pyrrole nitrogens is 1. The van der Waals surface area contributed by atoms with Gasteiger partial charge in [-0.2, -0.15) is 0 Å². The lowest BCUT2D eigenvalue weighted by Crippen LogP contribution is -2.41. The quantitative estimate of drug-likeness (QED) is 0.825. The molecular formula is C11H14ClN3O2S. The summed E-state index contributed by atoms with van der Waals surface area (Å²) >= 11 is 1.38. The maximum absolute atomic E-state index is 12.2. The number of nitrogens with zero attached hydrogens (tertiary/aromatic N) is 1. The van der Waals surface area contributed by atoms with Crippen LogP contribution in [0.3, 0.4) is 0 Å². The third-order valence-corrected chi connectivity index (χ3v) is 4.11. The van der Waals surface area contributed by atoms with Gasteiger partial charge in [-0.05, 0) is 37.4 Å². The van der Waals surface area contributed by atoms with Crippen LogP contribution in [-0.2, 0) is 0 Å². The van der Waals surface area contributed by atoms with Crippen molar-refractivity contribution < 1.29 is 0 Å². The third-order valence-electron chi connectivity index (χ3n) is 3.21. The van der Waals surface area contributed by atoms with Gasteiger partial charge in [0.1, 0.15) is 4.70 Å². The highest BCUT2D eigenvalue weighted by atomic mass is 35.5. The van der Waals surface area contributed by atoms with E-state index in [2.05, 4.69) is 10.3 Å². The molecule has 7 heteroatoms. The van der Waals surface area contributed by atoms with Crippen LogP contribution >= 0.6 is 23.7 Å². The van der Waals surface area contributed by atoms with Crippen molar-refractivity contribution >= 4 is 34.0 Å². The van der Waals surface area contributed by atoms with Crippen LogP contribution in [0, 0.1) is 0 Å². The van der Waals surface area contributed by atoms with Crippen LogP contribution in [0.5, 0.6) is 0 Å². The van der Waals surface area contributed by atoms with E-state index in [1.54, 1.807) is 6.07 Å². The molecule has 1 aliphatic rings. The lowest BCUT2D eigenvalue weighted by atomic mass is 10.1. The van der Waals surface area contributed by atoms with E-state index in [0.29, 0.717) is 10.2 Å². The molecular weight excluding hydrogens is 274 g/mol. The molecule has 3 heterocycles. The highest BCUT2D eigenvalue weighted by molar-refractivity contribution is 7.17. The van der Waals surface area contributed by atoms with Gasteiger partial charge >= 0.3 is 5.69 Å². The van der Waals surface area contributed by atoms with Gasteiger partial charge in [-0.25, -0.2) is 4.79 Å². The summed E-state index contributed by atoms with van der Waals surface area (Å²) in [6, 6.07) is 1.80. The SMILES string of the molecule is Cl.O=c1[nH]c2ccsc2c(=O)n1C1CCNCC1. The Kier molecular flexibility index (Phi) is 3.89. The highest BCUT2D eigenvalue weighted by Gasteiger charge is 2.20. The zero-order valence-corrected chi connectivity index (χ0v) is 11.3. The number of nitrogens with one attached hydrogen (secondary N) is 2. The van der Waals surface area contributed by atoms with Crippen molar-refractivity contribution in [2.75, 3.05) is 13.1 Å². The molecule has 3 rings (SSSR count). The van der Waals surface area contributed by atoms with Crippen LogP contribution < -0.4 is 16.6 Å². The Hall–Kier alpha value is -1.11. The van der Waals surface area contributed by atoms with E-state index in [1.807, 2.05) is 5.38 Å². The number of aromatic nitrogens is 2. The third kappa shape index (κ3) is 2.11. The van der Waals surface area contributed by atoms with E-state index in [1.165, 1.54) is 15.9 Å². The Morgan fingerprint density at radius 3 is 2.72 bits per heavy atom. The second-order valence-corrected chi connectivity index (χ2v) is 5.17. The van der Waals surface area contributed by atoms with Crippen molar-refractivity contribution in [1.29, 1.82) is 0 Å². The lowest BCUT2D eigenvalue weighted by Gasteiger charge is -2.23. The molecule has 0 aliphatic carbocycles. The predicted octanol–water partition coefficient (Wildman–Crippen LogP) is 1.10. The topological polar surface area (TPSA) is 66.9 Å². The maximum atomic E-state index is 12.2. The molecule has 0 unspecified atom stereocenters. The Morgan fingerprint density at radius 2 is 2.00 bits per heavy atom. The summed E-state index contributed by atoms with van der Waals surface area (Å²) in [5, 5.41) is 5.06. The monoisotopic (exact) mass is 287 g/mol. The average molecular weight is 288 g/mol. The summed E-state index contributed by atoms with van der Waals surface area (Å²) in [5.41, 5.74) is 0.216. The van der Waals surface area contributed by atoms with Gasteiger partial charge in [-0.3, -0.25) is 9.36 Å². The number of aromatic amines is 1. The van der Waals surface area contributed by atoms with Crippen molar-refractivity contribution in [3.63, 3.8) is 0 Å². The number of thiophene rings is 1. The molecule has 0 radical (unpaired) electrons. The van der Waals surface area contributed by atoms with Crippen LogP contribution in [0.15, 0.2) is 21.0 Å². The van der Waals surface area contributed by atoms with E-state index in [0.717, 1.165) is 25.9 Å². The second kappa shape index (κ2) is 5.26. The Labute approximate surface area is 113 Å². The van der Waals surface area contributed by atoms with Crippen molar-refractivity contribution in [1.82, 2.24) is 14.9 Å².